The zero-order valence-corrected chi connectivity index (χ0v) is 15.7. The zero-order chi connectivity index (χ0) is 19.2. The Morgan fingerprint density at radius 1 is 1.03 bits per heavy atom. The molecule has 29 heavy (non-hydrogen) atoms. The molecule has 144 valence electrons. The van der Waals surface area contributed by atoms with Gasteiger partial charge in [0.15, 0.2) is 5.58 Å². The highest BCUT2D eigenvalue weighted by Crippen LogP contribution is 2.31. The molecule has 1 unspecified atom stereocenters. The number of benzene rings is 2. The van der Waals surface area contributed by atoms with E-state index in [1.807, 2.05) is 59.5 Å². The molecule has 3 aromatic heterocycles. The van der Waals surface area contributed by atoms with E-state index in [0.717, 1.165) is 33.3 Å². The summed E-state index contributed by atoms with van der Waals surface area (Å²) in [5.41, 5.74) is 4.75. The van der Waals surface area contributed by atoms with Gasteiger partial charge in [0.1, 0.15) is 11.7 Å². The number of aromatic amines is 1. The van der Waals surface area contributed by atoms with E-state index in [2.05, 4.69) is 27.0 Å². The second-order valence-electron chi connectivity index (χ2n) is 7.14. The lowest BCUT2D eigenvalue weighted by Gasteiger charge is -2.34. The molecule has 5 aromatic rings. The van der Waals surface area contributed by atoms with Crippen LogP contribution in [-0.2, 0) is 4.74 Å². The molecule has 1 N–H and O–H groups in total. The highest BCUT2D eigenvalue weighted by Gasteiger charge is 2.29. The number of hydrogen-bond acceptors (Lipinski definition) is 5. The van der Waals surface area contributed by atoms with Gasteiger partial charge in [-0.1, -0.05) is 30.3 Å². The van der Waals surface area contributed by atoms with E-state index in [0.29, 0.717) is 25.8 Å². The summed E-state index contributed by atoms with van der Waals surface area (Å²) in [5, 5.41) is 6.02. The SMILES string of the molecule is c1ccc2oc(N3CCOCC3n3ccc(-c4c[nH]c5ccccc45)n3)nc2c1. The lowest BCUT2D eigenvalue weighted by atomic mass is 10.1. The van der Waals surface area contributed by atoms with Crippen molar-refractivity contribution in [2.24, 2.45) is 0 Å². The monoisotopic (exact) mass is 385 g/mol. The van der Waals surface area contributed by atoms with E-state index in [9.17, 15) is 0 Å². The zero-order valence-electron chi connectivity index (χ0n) is 15.7. The minimum absolute atomic E-state index is 0.115. The predicted molar refractivity (Wildman–Crippen MR) is 111 cm³/mol. The smallest absolute Gasteiger partial charge is 0.300 e. The van der Waals surface area contributed by atoms with Crippen molar-refractivity contribution >= 4 is 28.0 Å². The number of para-hydroxylation sites is 3. The van der Waals surface area contributed by atoms with Crippen molar-refractivity contribution in [1.82, 2.24) is 19.7 Å². The molecule has 2 aromatic carbocycles. The highest BCUT2D eigenvalue weighted by molar-refractivity contribution is 5.94. The van der Waals surface area contributed by atoms with Gasteiger partial charge in [-0.25, -0.2) is 4.68 Å². The number of anilines is 1. The Morgan fingerprint density at radius 3 is 2.90 bits per heavy atom. The normalized spacial score (nSPS) is 17.4. The van der Waals surface area contributed by atoms with Crippen LogP contribution in [0.1, 0.15) is 6.17 Å². The summed E-state index contributed by atoms with van der Waals surface area (Å²) in [6.07, 6.45) is 3.88. The minimum atomic E-state index is -0.115. The van der Waals surface area contributed by atoms with Gasteiger partial charge >= 0.3 is 0 Å². The Morgan fingerprint density at radius 2 is 1.93 bits per heavy atom. The van der Waals surface area contributed by atoms with Gasteiger partial charge in [0, 0.05) is 35.4 Å². The van der Waals surface area contributed by atoms with Gasteiger partial charge in [-0.15, -0.1) is 0 Å². The molecule has 6 rings (SSSR count). The Kier molecular flexibility index (Phi) is 3.67. The largest absolute Gasteiger partial charge is 0.423 e. The quantitative estimate of drug-likeness (QED) is 0.504. The predicted octanol–water partition coefficient (Wildman–Crippen LogP) is 4.21. The van der Waals surface area contributed by atoms with Crippen molar-refractivity contribution < 1.29 is 9.15 Å². The van der Waals surface area contributed by atoms with Gasteiger partial charge in [-0.3, -0.25) is 4.90 Å². The van der Waals surface area contributed by atoms with Crippen molar-refractivity contribution in [3.05, 3.63) is 67.0 Å². The average molecular weight is 385 g/mol. The number of aromatic nitrogens is 4. The van der Waals surface area contributed by atoms with E-state index < -0.39 is 0 Å². The fourth-order valence-electron chi connectivity index (χ4n) is 3.95. The third-order valence-corrected chi connectivity index (χ3v) is 5.41. The second kappa shape index (κ2) is 6.49. The molecule has 1 saturated heterocycles. The van der Waals surface area contributed by atoms with Crippen LogP contribution in [0.25, 0.3) is 33.3 Å². The van der Waals surface area contributed by atoms with Crippen LogP contribution in [0.3, 0.4) is 0 Å². The lowest BCUT2D eigenvalue weighted by molar-refractivity contribution is 0.0656. The van der Waals surface area contributed by atoms with Crippen molar-refractivity contribution in [3.63, 3.8) is 0 Å². The van der Waals surface area contributed by atoms with E-state index in [1.165, 1.54) is 0 Å². The summed E-state index contributed by atoms with van der Waals surface area (Å²) < 4.78 is 13.7. The van der Waals surface area contributed by atoms with Crippen molar-refractivity contribution in [2.75, 3.05) is 24.7 Å². The number of nitrogens with zero attached hydrogens (tertiary/aromatic N) is 4. The molecule has 0 radical (unpaired) electrons. The highest BCUT2D eigenvalue weighted by atomic mass is 16.5. The van der Waals surface area contributed by atoms with Crippen LogP contribution < -0.4 is 4.90 Å². The van der Waals surface area contributed by atoms with Crippen LogP contribution >= 0.6 is 0 Å². The Hall–Kier alpha value is -3.58. The first kappa shape index (κ1) is 16.4. The first-order chi connectivity index (χ1) is 14.4. The molecule has 4 heterocycles. The molecular weight excluding hydrogens is 366 g/mol. The standard InChI is InChI=1S/C22H19N5O2/c1-2-6-17-15(5-1)16(13-23-17)18-9-10-27(25-18)21-14-28-12-11-26(21)22-24-19-7-3-4-8-20(19)29-22/h1-10,13,21,23H,11-12,14H2. The van der Waals surface area contributed by atoms with Crippen molar-refractivity contribution in [3.8, 4) is 11.3 Å². The van der Waals surface area contributed by atoms with Crippen LogP contribution in [0.4, 0.5) is 6.01 Å². The van der Waals surface area contributed by atoms with Gasteiger partial charge < -0.3 is 14.1 Å². The third kappa shape index (κ3) is 2.70. The molecule has 0 aliphatic carbocycles. The van der Waals surface area contributed by atoms with Crippen LogP contribution in [0.5, 0.6) is 0 Å². The summed E-state index contributed by atoms with van der Waals surface area (Å²) in [7, 11) is 0. The summed E-state index contributed by atoms with van der Waals surface area (Å²) in [4.78, 5) is 10.1. The number of nitrogens with one attached hydrogen (secondary N) is 1. The lowest BCUT2D eigenvalue weighted by Crippen LogP contribution is -2.43. The molecule has 1 aliphatic heterocycles. The first-order valence-electron chi connectivity index (χ1n) is 9.68. The number of rotatable bonds is 3. The van der Waals surface area contributed by atoms with Gasteiger partial charge in [0.2, 0.25) is 0 Å². The van der Waals surface area contributed by atoms with Crippen LogP contribution in [0.2, 0.25) is 0 Å². The Labute approximate surface area is 166 Å². The number of morpholine rings is 1. The number of oxazole rings is 1. The Balaban J connectivity index is 1.37. The average Bonchev–Trinajstić information content (AvgIpc) is 3.50. The molecular formula is C22H19N5O2. The number of H-pyrrole nitrogens is 1. The van der Waals surface area contributed by atoms with Gasteiger partial charge in [0.25, 0.3) is 6.01 Å². The molecule has 0 saturated carbocycles. The topological polar surface area (TPSA) is 72.1 Å². The molecule has 7 nitrogen and oxygen atoms in total. The van der Waals surface area contributed by atoms with Gasteiger partial charge in [0.05, 0.1) is 18.9 Å². The van der Waals surface area contributed by atoms with Gasteiger partial charge in [-0.2, -0.15) is 10.1 Å². The maximum atomic E-state index is 6.01. The molecule has 1 atom stereocenters. The summed E-state index contributed by atoms with van der Waals surface area (Å²) >= 11 is 0. The van der Waals surface area contributed by atoms with Gasteiger partial charge in [-0.05, 0) is 24.3 Å². The molecule has 7 heteroatoms. The van der Waals surface area contributed by atoms with Crippen molar-refractivity contribution in [1.29, 1.82) is 0 Å². The third-order valence-electron chi connectivity index (χ3n) is 5.41. The van der Waals surface area contributed by atoms with Crippen LogP contribution in [-0.4, -0.2) is 39.5 Å². The van der Waals surface area contributed by atoms with E-state index in [-0.39, 0.29) is 6.17 Å². The molecule has 0 bridgehead atoms. The Bertz CT molecular complexity index is 1270. The number of fused-ring (bicyclic) bond motifs is 2. The van der Waals surface area contributed by atoms with E-state index >= 15 is 0 Å². The maximum absolute atomic E-state index is 6.01. The maximum Gasteiger partial charge on any atom is 0.300 e. The van der Waals surface area contributed by atoms with Crippen LogP contribution in [0, 0.1) is 0 Å². The summed E-state index contributed by atoms with van der Waals surface area (Å²) in [6, 6.07) is 18.7. The molecule has 0 spiro atoms. The fourth-order valence-corrected chi connectivity index (χ4v) is 3.95. The molecule has 1 fully saturated rings. The molecule has 0 amide bonds. The molecule has 1 aliphatic rings. The summed E-state index contributed by atoms with van der Waals surface area (Å²) in [6.45, 7) is 1.85. The number of ether oxygens (including phenoxy) is 1. The van der Waals surface area contributed by atoms with E-state index in [4.69, 9.17) is 14.3 Å². The van der Waals surface area contributed by atoms with Crippen LogP contribution in [0.15, 0.2) is 71.4 Å². The number of hydrogen-bond donors (Lipinski definition) is 1. The first-order valence-corrected chi connectivity index (χ1v) is 9.68. The second-order valence-corrected chi connectivity index (χ2v) is 7.14. The minimum Gasteiger partial charge on any atom is -0.423 e. The fraction of sp³-hybridized carbons (Fsp3) is 0.182. The van der Waals surface area contributed by atoms with E-state index in [1.54, 1.807) is 0 Å². The van der Waals surface area contributed by atoms with Crippen molar-refractivity contribution in [2.45, 2.75) is 6.17 Å². The summed E-state index contributed by atoms with van der Waals surface area (Å²) in [5.74, 6) is 0.